The van der Waals surface area contributed by atoms with Gasteiger partial charge in [0, 0.05) is 5.70 Å². The Morgan fingerprint density at radius 2 is 1.28 bits per heavy atom. The van der Waals surface area contributed by atoms with Crippen LogP contribution < -0.4 is 0 Å². The average molecular weight is 410 g/mol. The van der Waals surface area contributed by atoms with Crippen molar-refractivity contribution in [2.75, 3.05) is 0 Å². The number of allylic oxidation sites excluding steroid dienone is 3. The summed E-state index contributed by atoms with van der Waals surface area (Å²) >= 11 is 0. The van der Waals surface area contributed by atoms with E-state index < -0.39 is 10.0 Å². The second kappa shape index (κ2) is 9.00. The van der Waals surface area contributed by atoms with Crippen LogP contribution in [0.2, 0.25) is 0 Å². The van der Waals surface area contributed by atoms with E-state index in [9.17, 15) is 8.42 Å². The van der Waals surface area contributed by atoms with Gasteiger partial charge >= 0.3 is 0 Å². The summed E-state index contributed by atoms with van der Waals surface area (Å²) in [7, 11) is -3.70. The molecular formula is C25H31NO2S. The fourth-order valence-electron chi connectivity index (χ4n) is 4.56. The molecule has 29 heavy (non-hydrogen) atoms. The Morgan fingerprint density at radius 1 is 0.724 bits per heavy atom. The fraction of sp³-hybridized carbons (Fsp3) is 0.360. The zero-order valence-corrected chi connectivity index (χ0v) is 18.7. The van der Waals surface area contributed by atoms with Crippen LogP contribution >= 0.6 is 0 Å². The highest BCUT2D eigenvalue weighted by Gasteiger charge is 2.40. The third-order valence-electron chi connectivity index (χ3n) is 5.77. The van der Waals surface area contributed by atoms with Gasteiger partial charge in [-0.1, -0.05) is 76.2 Å². The van der Waals surface area contributed by atoms with E-state index in [0.29, 0.717) is 11.3 Å². The van der Waals surface area contributed by atoms with Crippen molar-refractivity contribution in [3.8, 4) is 0 Å². The molecular weight excluding hydrogens is 378 g/mol. The summed E-state index contributed by atoms with van der Waals surface area (Å²) in [5.74, 6) is 0. The van der Waals surface area contributed by atoms with Crippen molar-refractivity contribution in [2.45, 2.75) is 64.3 Å². The van der Waals surface area contributed by atoms with Crippen LogP contribution in [-0.4, -0.2) is 12.7 Å². The van der Waals surface area contributed by atoms with Crippen molar-refractivity contribution in [1.29, 1.82) is 0 Å². The molecule has 1 atom stereocenters. The smallest absolute Gasteiger partial charge is 0.258 e. The molecule has 1 aliphatic heterocycles. The SMILES string of the molecule is CCC1=C(CC)C(c2ccccc2)N(S(=O)(=O)c2ccccc2)C(CC)=C1CC. The van der Waals surface area contributed by atoms with Crippen LogP contribution in [0.1, 0.15) is 65.0 Å². The molecule has 0 N–H and O–H groups in total. The Morgan fingerprint density at radius 3 is 1.76 bits per heavy atom. The minimum atomic E-state index is -3.70. The molecule has 0 fully saturated rings. The summed E-state index contributed by atoms with van der Waals surface area (Å²) in [4.78, 5) is 0.345. The zero-order valence-electron chi connectivity index (χ0n) is 17.9. The molecule has 2 aromatic carbocycles. The van der Waals surface area contributed by atoms with E-state index in [0.717, 1.165) is 30.5 Å². The first-order valence-electron chi connectivity index (χ1n) is 10.6. The van der Waals surface area contributed by atoms with Gasteiger partial charge in [0.05, 0.1) is 10.9 Å². The maximum absolute atomic E-state index is 13.9. The molecule has 3 rings (SSSR count). The quantitative estimate of drug-likeness (QED) is 0.515. The molecule has 0 saturated carbocycles. The summed E-state index contributed by atoms with van der Waals surface area (Å²) in [5, 5.41) is 0. The molecule has 0 aromatic heterocycles. The van der Waals surface area contributed by atoms with Crippen LogP contribution in [0.15, 0.2) is 88.0 Å². The predicted octanol–water partition coefficient (Wildman–Crippen LogP) is 6.62. The van der Waals surface area contributed by atoms with Crippen LogP contribution in [-0.2, 0) is 10.0 Å². The molecule has 2 aromatic rings. The lowest BCUT2D eigenvalue weighted by molar-refractivity contribution is 0.389. The zero-order chi connectivity index (χ0) is 21.0. The molecule has 0 aliphatic carbocycles. The van der Waals surface area contributed by atoms with Gasteiger partial charge in [0.1, 0.15) is 0 Å². The Labute approximate surface area is 175 Å². The Bertz CT molecular complexity index is 1010. The maximum Gasteiger partial charge on any atom is 0.264 e. The molecule has 154 valence electrons. The maximum atomic E-state index is 13.9. The lowest BCUT2D eigenvalue weighted by atomic mass is 9.82. The van der Waals surface area contributed by atoms with Crippen molar-refractivity contribution in [3.05, 3.63) is 88.6 Å². The topological polar surface area (TPSA) is 37.4 Å². The van der Waals surface area contributed by atoms with Crippen molar-refractivity contribution < 1.29 is 8.42 Å². The standard InChI is InChI=1S/C25H31NO2S/c1-5-21-22(6-2)24(8-4)26(29(27,28)20-17-13-10-14-18-20)25(23(21)7-3)19-15-11-9-12-16-19/h9-18,25H,5-8H2,1-4H3. The molecule has 0 amide bonds. The van der Waals surface area contributed by atoms with Crippen LogP contribution in [0, 0.1) is 0 Å². The van der Waals surface area contributed by atoms with Crippen molar-refractivity contribution in [2.24, 2.45) is 0 Å². The second-order valence-electron chi connectivity index (χ2n) is 7.27. The lowest BCUT2D eigenvalue weighted by Gasteiger charge is -2.42. The molecule has 0 bridgehead atoms. The molecule has 3 nitrogen and oxygen atoms in total. The van der Waals surface area contributed by atoms with Gasteiger partial charge in [0.15, 0.2) is 0 Å². The van der Waals surface area contributed by atoms with E-state index in [1.807, 2.05) is 36.4 Å². The number of benzene rings is 2. The van der Waals surface area contributed by atoms with Gasteiger partial charge < -0.3 is 0 Å². The fourth-order valence-corrected chi connectivity index (χ4v) is 6.34. The first-order valence-corrected chi connectivity index (χ1v) is 12.0. The third kappa shape index (κ3) is 3.78. The number of hydrogen-bond donors (Lipinski definition) is 0. The van der Waals surface area contributed by atoms with Gasteiger partial charge in [-0.15, -0.1) is 0 Å². The molecule has 0 spiro atoms. The largest absolute Gasteiger partial charge is 0.264 e. The minimum absolute atomic E-state index is 0.299. The van der Waals surface area contributed by atoms with Crippen LogP contribution in [0.5, 0.6) is 0 Å². The first kappa shape index (κ1) is 21.4. The highest BCUT2D eigenvalue weighted by atomic mass is 32.2. The number of rotatable bonds is 7. The Kier molecular flexibility index (Phi) is 6.63. The first-order chi connectivity index (χ1) is 14.0. The van der Waals surface area contributed by atoms with Gasteiger partial charge in [-0.05, 0) is 60.1 Å². The number of nitrogens with zero attached hydrogens (tertiary/aromatic N) is 1. The van der Waals surface area contributed by atoms with Crippen LogP contribution in [0.4, 0.5) is 0 Å². The van der Waals surface area contributed by atoms with Crippen LogP contribution in [0.25, 0.3) is 0 Å². The number of hydrogen-bond acceptors (Lipinski definition) is 2. The highest BCUT2D eigenvalue weighted by Crippen LogP contribution is 2.47. The summed E-state index contributed by atoms with van der Waals surface area (Å²) in [6.45, 7) is 8.50. The van der Waals surface area contributed by atoms with Crippen LogP contribution in [0.3, 0.4) is 0 Å². The second-order valence-corrected chi connectivity index (χ2v) is 9.09. The molecule has 0 saturated heterocycles. The summed E-state index contributed by atoms with van der Waals surface area (Å²) in [6.07, 6.45) is 3.25. The third-order valence-corrected chi connectivity index (χ3v) is 7.59. The molecule has 0 radical (unpaired) electrons. The lowest BCUT2D eigenvalue weighted by Crippen LogP contribution is -2.39. The molecule has 1 unspecified atom stereocenters. The average Bonchev–Trinajstić information content (AvgIpc) is 2.77. The van der Waals surface area contributed by atoms with Gasteiger partial charge in [-0.2, -0.15) is 0 Å². The monoisotopic (exact) mass is 409 g/mol. The minimum Gasteiger partial charge on any atom is -0.258 e. The van der Waals surface area contributed by atoms with E-state index in [2.05, 4.69) is 27.7 Å². The van der Waals surface area contributed by atoms with Crippen molar-refractivity contribution in [3.63, 3.8) is 0 Å². The van der Waals surface area contributed by atoms with E-state index in [-0.39, 0.29) is 6.04 Å². The van der Waals surface area contributed by atoms with E-state index in [1.54, 1.807) is 28.6 Å². The van der Waals surface area contributed by atoms with Gasteiger partial charge in [0.2, 0.25) is 0 Å². The normalized spacial score (nSPS) is 17.8. The van der Waals surface area contributed by atoms with Gasteiger partial charge in [0.25, 0.3) is 10.0 Å². The van der Waals surface area contributed by atoms with E-state index in [1.165, 1.54) is 16.7 Å². The number of sulfonamides is 1. The van der Waals surface area contributed by atoms with Crippen molar-refractivity contribution >= 4 is 10.0 Å². The van der Waals surface area contributed by atoms with Crippen molar-refractivity contribution in [1.82, 2.24) is 4.31 Å². The summed E-state index contributed by atoms with van der Waals surface area (Å²) in [6, 6.07) is 18.6. The summed E-state index contributed by atoms with van der Waals surface area (Å²) in [5.41, 5.74) is 5.70. The highest BCUT2D eigenvalue weighted by molar-refractivity contribution is 7.89. The van der Waals surface area contributed by atoms with E-state index in [4.69, 9.17) is 0 Å². The summed E-state index contributed by atoms with van der Waals surface area (Å²) < 4.78 is 29.6. The Hall–Kier alpha value is -2.33. The van der Waals surface area contributed by atoms with Gasteiger partial charge in [-0.3, -0.25) is 4.31 Å². The van der Waals surface area contributed by atoms with E-state index >= 15 is 0 Å². The molecule has 1 aliphatic rings. The Balaban J connectivity index is 2.35. The molecule has 1 heterocycles. The van der Waals surface area contributed by atoms with Gasteiger partial charge in [-0.25, -0.2) is 8.42 Å². The predicted molar refractivity (Wildman–Crippen MR) is 120 cm³/mol. The molecule has 4 heteroatoms.